The summed E-state index contributed by atoms with van der Waals surface area (Å²) in [4.78, 5) is 6.44. The molecule has 3 rings (SSSR count). The third-order valence-electron chi connectivity index (χ3n) is 4.82. The maximum absolute atomic E-state index is 14.6. The molecule has 0 spiro atoms. The summed E-state index contributed by atoms with van der Waals surface area (Å²) in [6.45, 7) is 6.27. The van der Waals surface area contributed by atoms with Crippen LogP contribution in [-0.2, 0) is 0 Å². The minimum absolute atomic E-state index is 0.154. The molecule has 2 aromatic carbocycles. The average molecular weight is 373 g/mol. The van der Waals surface area contributed by atoms with Crippen LogP contribution in [0.2, 0.25) is 5.02 Å². The first-order valence-corrected chi connectivity index (χ1v) is 8.75. The Labute approximate surface area is 158 Å². The lowest BCUT2D eigenvalue weighted by Crippen LogP contribution is -2.42. The maximum atomic E-state index is 14.6. The van der Waals surface area contributed by atoms with E-state index in [9.17, 15) is 4.39 Å². The van der Waals surface area contributed by atoms with Gasteiger partial charge in [-0.3, -0.25) is 4.99 Å². The minimum Gasteiger partial charge on any atom is -0.495 e. The van der Waals surface area contributed by atoms with E-state index in [1.165, 1.54) is 6.21 Å². The quantitative estimate of drug-likeness (QED) is 0.629. The zero-order valence-corrected chi connectivity index (χ0v) is 16.4. The molecule has 3 nitrogen and oxygen atoms in total. The predicted octanol–water partition coefficient (Wildman–Crippen LogP) is 5.87. The number of ether oxygens (including phenoxy) is 1. The normalized spacial score (nSPS) is 15.8. The number of rotatable bonds is 3. The van der Waals surface area contributed by atoms with Crippen LogP contribution in [0.25, 0.3) is 5.57 Å². The Bertz CT molecular complexity index is 918. The molecule has 26 heavy (non-hydrogen) atoms. The van der Waals surface area contributed by atoms with Crippen molar-refractivity contribution in [3.05, 3.63) is 58.4 Å². The number of benzene rings is 2. The Morgan fingerprint density at radius 1 is 1.23 bits per heavy atom. The zero-order chi connectivity index (χ0) is 19.1. The second kappa shape index (κ2) is 6.76. The highest BCUT2D eigenvalue weighted by Crippen LogP contribution is 2.39. The highest BCUT2D eigenvalue weighted by molar-refractivity contribution is 6.32. The molecule has 5 heteroatoms. The lowest BCUT2D eigenvalue weighted by Gasteiger charge is -2.40. The van der Waals surface area contributed by atoms with E-state index in [0.29, 0.717) is 22.0 Å². The molecule has 1 heterocycles. The number of hydrogen-bond donors (Lipinski definition) is 0. The third-order valence-corrected chi connectivity index (χ3v) is 5.12. The molecule has 0 aromatic heterocycles. The molecule has 1 aliphatic rings. The van der Waals surface area contributed by atoms with E-state index in [1.807, 2.05) is 13.1 Å². The van der Waals surface area contributed by atoms with Gasteiger partial charge in [-0.05, 0) is 56.7 Å². The third kappa shape index (κ3) is 3.34. The van der Waals surface area contributed by atoms with Crippen molar-refractivity contribution in [3.8, 4) is 5.75 Å². The summed E-state index contributed by atoms with van der Waals surface area (Å²) in [5.41, 5.74) is 3.96. The monoisotopic (exact) mass is 372 g/mol. The summed E-state index contributed by atoms with van der Waals surface area (Å²) in [5.74, 6) is 0.279. The second-order valence-corrected chi connectivity index (χ2v) is 7.42. The molecule has 0 saturated carbocycles. The lowest BCUT2D eigenvalue weighted by molar-refractivity contribution is 0.415. The number of halogens is 2. The van der Waals surface area contributed by atoms with Crippen LogP contribution in [-0.4, -0.2) is 25.9 Å². The molecule has 0 saturated heterocycles. The van der Waals surface area contributed by atoms with Crippen molar-refractivity contribution < 1.29 is 9.13 Å². The van der Waals surface area contributed by atoms with E-state index in [1.54, 1.807) is 31.4 Å². The van der Waals surface area contributed by atoms with Crippen LogP contribution in [0.15, 0.2) is 41.4 Å². The Morgan fingerprint density at radius 3 is 2.62 bits per heavy atom. The summed E-state index contributed by atoms with van der Waals surface area (Å²) < 4.78 is 19.8. The number of fused-ring (bicyclic) bond motifs is 1. The smallest absolute Gasteiger partial charge is 0.137 e. The first-order chi connectivity index (χ1) is 12.2. The standard InChI is InChI=1S/C21H22ClFN2O/c1-13-11-21(2,3)25(4)19-10-18(23)14(8-16(13)19)12-24-15-6-7-20(26-5)17(22)9-15/h6-12H,1-5H3. The van der Waals surface area contributed by atoms with Gasteiger partial charge in [-0.2, -0.15) is 0 Å². The molecule has 0 aliphatic carbocycles. The van der Waals surface area contributed by atoms with Crippen LogP contribution in [0.3, 0.4) is 0 Å². The number of allylic oxidation sites excluding steroid dienone is 1. The molecule has 0 fully saturated rings. The van der Waals surface area contributed by atoms with Crippen LogP contribution < -0.4 is 9.64 Å². The average Bonchev–Trinajstić information content (AvgIpc) is 2.58. The van der Waals surface area contributed by atoms with Crippen molar-refractivity contribution in [1.82, 2.24) is 0 Å². The molecule has 0 bridgehead atoms. The van der Waals surface area contributed by atoms with Crippen LogP contribution >= 0.6 is 11.6 Å². The fraction of sp³-hybridized carbons (Fsp3) is 0.286. The Kier molecular flexibility index (Phi) is 4.80. The van der Waals surface area contributed by atoms with E-state index in [0.717, 1.165) is 16.8 Å². The topological polar surface area (TPSA) is 24.8 Å². The van der Waals surface area contributed by atoms with Crippen molar-refractivity contribution in [3.63, 3.8) is 0 Å². The van der Waals surface area contributed by atoms with Gasteiger partial charge in [0.05, 0.1) is 23.4 Å². The first kappa shape index (κ1) is 18.5. The van der Waals surface area contributed by atoms with E-state index >= 15 is 0 Å². The van der Waals surface area contributed by atoms with Gasteiger partial charge in [0.15, 0.2) is 0 Å². The van der Waals surface area contributed by atoms with Crippen LogP contribution in [0.5, 0.6) is 5.75 Å². The number of hydrogen-bond acceptors (Lipinski definition) is 3. The van der Waals surface area contributed by atoms with Gasteiger partial charge in [0.25, 0.3) is 0 Å². The maximum Gasteiger partial charge on any atom is 0.137 e. The molecular weight excluding hydrogens is 351 g/mol. The van der Waals surface area contributed by atoms with Gasteiger partial charge < -0.3 is 9.64 Å². The van der Waals surface area contributed by atoms with Crippen molar-refractivity contribution in [1.29, 1.82) is 0 Å². The van der Waals surface area contributed by atoms with Crippen molar-refractivity contribution in [2.45, 2.75) is 26.3 Å². The fourth-order valence-electron chi connectivity index (χ4n) is 3.17. The summed E-state index contributed by atoms with van der Waals surface area (Å²) in [7, 11) is 3.54. The number of anilines is 1. The van der Waals surface area contributed by atoms with Crippen molar-refractivity contribution in [2.24, 2.45) is 4.99 Å². The van der Waals surface area contributed by atoms with E-state index < -0.39 is 0 Å². The van der Waals surface area contributed by atoms with Gasteiger partial charge in [-0.15, -0.1) is 0 Å². The Morgan fingerprint density at radius 2 is 1.96 bits per heavy atom. The largest absolute Gasteiger partial charge is 0.495 e. The number of aliphatic imine (C=N–C) groups is 1. The molecular formula is C21H22ClFN2O. The van der Waals surface area contributed by atoms with Gasteiger partial charge in [0, 0.05) is 30.1 Å². The van der Waals surface area contributed by atoms with Gasteiger partial charge in [-0.25, -0.2) is 4.39 Å². The summed E-state index contributed by atoms with van der Waals surface area (Å²) >= 11 is 6.11. The lowest BCUT2D eigenvalue weighted by atomic mass is 9.88. The van der Waals surface area contributed by atoms with Gasteiger partial charge >= 0.3 is 0 Å². The molecule has 0 unspecified atom stereocenters. The Balaban J connectivity index is 1.98. The number of likely N-dealkylation sites (N-methyl/N-ethyl adjacent to an activating group) is 1. The van der Waals surface area contributed by atoms with E-state index in [4.69, 9.17) is 16.3 Å². The molecule has 0 amide bonds. The highest BCUT2D eigenvalue weighted by Gasteiger charge is 2.29. The van der Waals surface area contributed by atoms with E-state index in [-0.39, 0.29) is 11.4 Å². The summed E-state index contributed by atoms with van der Waals surface area (Å²) in [6, 6.07) is 8.63. The summed E-state index contributed by atoms with van der Waals surface area (Å²) in [6.07, 6.45) is 3.72. The van der Waals surface area contributed by atoms with Crippen LogP contribution in [0.1, 0.15) is 31.9 Å². The first-order valence-electron chi connectivity index (χ1n) is 8.38. The Hall–Kier alpha value is -2.33. The van der Waals surface area contributed by atoms with Crippen molar-refractivity contribution in [2.75, 3.05) is 19.1 Å². The van der Waals surface area contributed by atoms with Crippen molar-refractivity contribution >= 4 is 34.8 Å². The van der Waals surface area contributed by atoms with E-state index in [2.05, 4.69) is 36.7 Å². The van der Waals surface area contributed by atoms with Gasteiger partial charge in [-0.1, -0.05) is 17.7 Å². The van der Waals surface area contributed by atoms with Gasteiger partial charge in [0.2, 0.25) is 0 Å². The molecule has 0 radical (unpaired) electrons. The van der Waals surface area contributed by atoms with Gasteiger partial charge in [0.1, 0.15) is 11.6 Å². The highest BCUT2D eigenvalue weighted by atomic mass is 35.5. The molecule has 2 aromatic rings. The molecule has 136 valence electrons. The summed E-state index contributed by atoms with van der Waals surface area (Å²) in [5, 5.41) is 0.468. The predicted molar refractivity (Wildman–Crippen MR) is 108 cm³/mol. The number of nitrogens with zero attached hydrogens (tertiary/aromatic N) is 2. The fourth-order valence-corrected chi connectivity index (χ4v) is 3.42. The SMILES string of the molecule is COc1ccc(N=Cc2cc3c(cc2F)N(C)C(C)(C)C=C3C)cc1Cl. The van der Waals surface area contributed by atoms with Crippen LogP contribution in [0.4, 0.5) is 15.8 Å². The second-order valence-electron chi connectivity index (χ2n) is 7.01. The molecule has 0 atom stereocenters. The molecule has 1 aliphatic heterocycles. The zero-order valence-electron chi connectivity index (χ0n) is 15.6. The molecule has 0 N–H and O–H groups in total. The number of methoxy groups -OCH3 is 1. The minimum atomic E-state index is -0.301. The van der Waals surface area contributed by atoms with Crippen LogP contribution in [0, 0.1) is 5.82 Å².